The number of fused-ring (bicyclic) bond motifs is 1. The molecule has 0 radical (unpaired) electrons. The number of para-hydroxylation sites is 2. The quantitative estimate of drug-likeness (QED) is 0.577. The van der Waals surface area contributed by atoms with Gasteiger partial charge in [0, 0.05) is 19.0 Å². The van der Waals surface area contributed by atoms with Crippen molar-refractivity contribution in [3.05, 3.63) is 54.4 Å². The second kappa shape index (κ2) is 8.44. The summed E-state index contributed by atoms with van der Waals surface area (Å²) in [4.78, 5) is 7.19. The Morgan fingerprint density at radius 1 is 1.11 bits per heavy atom. The first kappa shape index (κ1) is 17.9. The summed E-state index contributed by atoms with van der Waals surface area (Å²) in [6.45, 7) is 3.90. The number of piperidine rings is 1. The fourth-order valence-electron chi connectivity index (χ4n) is 3.67. The van der Waals surface area contributed by atoms with Crippen molar-refractivity contribution in [3.8, 4) is 11.5 Å². The van der Waals surface area contributed by atoms with Gasteiger partial charge in [-0.15, -0.1) is 0 Å². The molecule has 4 rings (SSSR count). The summed E-state index contributed by atoms with van der Waals surface area (Å²) in [5, 5.41) is 0. The van der Waals surface area contributed by atoms with E-state index in [9.17, 15) is 0 Å². The van der Waals surface area contributed by atoms with Crippen LogP contribution in [0.1, 0.15) is 31.1 Å². The molecule has 5 heteroatoms. The van der Waals surface area contributed by atoms with Gasteiger partial charge in [0.05, 0.1) is 13.7 Å². The molecule has 0 N–H and O–H groups in total. The number of hydrogen-bond donors (Lipinski definition) is 0. The number of benzene rings is 2. The molecule has 0 spiro atoms. The summed E-state index contributed by atoms with van der Waals surface area (Å²) in [5.41, 5.74) is 1.84. The monoisotopic (exact) mass is 366 g/mol. The van der Waals surface area contributed by atoms with Crippen LogP contribution in [0.25, 0.3) is 11.1 Å². The lowest BCUT2D eigenvalue weighted by Crippen LogP contribution is -2.35. The molecular formula is C22H26N2O3. The van der Waals surface area contributed by atoms with Crippen molar-refractivity contribution in [3.63, 3.8) is 0 Å². The van der Waals surface area contributed by atoms with Crippen molar-refractivity contribution in [2.45, 2.75) is 25.2 Å². The molecule has 2 aromatic carbocycles. The molecule has 1 aliphatic heterocycles. The van der Waals surface area contributed by atoms with E-state index >= 15 is 0 Å². The van der Waals surface area contributed by atoms with Gasteiger partial charge in [0.15, 0.2) is 11.5 Å². The first-order valence-electron chi connectivity index (χ1n) is 9.66. The summed E-state index contributed by atoms with van der Waals surface area (Å²) >= 11 is 0. The molecule has 1 atom stereocenters. The molecule has 0 saturated carbocycles. The maximum Gasteiger partial charge on any atom is 0.199 e. The van der Waals surface area contributed by atoms with E-state index in [1.54, 1.807) is 7.11 Å². The van der Waals surface area contributed by atoms with E-state index < -0.39 is 0 Å². The van der Waals surface area contributed by atoms with Gasteiger partial charge in [-0.25, -0.2) is 4.98 Å². The van der Waals surface area contributed by atoms with Gasteiger partial charge in [-0.05, 0) is 62.2 Å². The molecule has 0 amide bonds. The van der Waals surface area contributed by atoms with E-state index in [4.69, 9.17) is 18.9 Å². The van der Waals surface area contributed by atoms with Crippen LogP contribution < -0.4 is 9.47 Å². The Morgan fingerprint density at radius 2 is 1.93 bits per heavy atom. The first-order valence-corrected chi connectivity index (χ1v) is 9.66. The second-order valence-corrected chi connectivity index (χ2v) is 7.04. The molecular weight excluding hydrogens is 340 g/mol. The fraction of sp³-hybridized carbons (Fsp3) is 0.409. The van der Waals surface area contributed by atoms with Crippen molar-refractivity contribution < 1.29 is 13.9 Å². The predicted molar refractivity (Wildman–Crippen MR) is 106 cm³/mol. The Bertz CT molecular complexity index is 826. The Labute approximate surface area is 159 Å². The van der Waals surface area contributed by atoms with Gasteiger partial charge in [-0.3, -0.25) is 0 Å². The Balaban J connectivity index is 1.25. The van der Waals surface area contributed by atoms with Crippen molar-refractivity contribution in [1.82, 2.24) is 9.88 Å². The van der Waals surface area contributed by atoms with E-state index in [0.29, 0.717) is 5.92 Å². The van der Waals surface area contributed by atoms with Crippen molar-refractivity contribution in [2.75, 3.05) is 33.4 Å². The zero-order chi connectivity index (χ0) is 18.5. The normalized spacial score (nSPS) is 17.9. The van der Waals surface area contributed by atoms with Gasteiger partial charge in [-0.1, -0.05) is 12.1 Å². The van der Waals surface area contributed by atoms with Gasteiger partial charge in [0.1, 0.15) is 17.0 Å². The number of hydrogen-bond acceptors (Lipinski definition) is 5. The van der Waals surface area contributed by atoms with Crippen LogP contribution in [0, 0.1) is 0 Å². The molecule has 2 heterocycles. The van der Waals surface area contributed by atoms with E-state index in [1.807, 2.05) is 48.5 Å². The van der Waals surface area contributed by atoms with Gasteiger partial charge >= 0.3 is 0 Å². The van der Waals surface area contributed by atoms with Crippen molar-refractivity contribution in [2.24, 2.45) is 0 Å². The van der Waals surface area contributed by atoms with Crippen molar-refractivity contribution >= 4 is 11.1 Å². The number of oxazole rings is 1. The number of aromatic nitrogens is 1. The number of likely N-dealkylation sites (tertiary alicyclic amines) is 1. The maximum absolute atomic E-state index is 5.99. The number of ether oxygens (including phenoxy) is 2. The minimum absolute atomic E-state index is 0.383. The summed E-state index contributed by atoms with van der Waals surface area (Å²) in [7, 11) is 1.67. The second-order valence-electron chi connectivity index (χ2n) is 7.04. The lowest BCUT2D eigenvalue weighted by Gasteiger charge is -2.31. The van der Waals surface area contributed by atoms with Gasteiger partial charge in [0.2, 0.25) is 0 Å². The average Bonchev–Trinajstić information content (AvgIpc) is 3.16. The van der Waals surface area contributed by atoms with Crippen LogP contribution in [0.3, 0.4) is 0 Å². The SMILES string of the molecule is COc1ccc(OCCCN2CCCC(c3nc4ccccc4o3)C2)cc1. The molecule has 142 valence electrons. The number of methoxy groups -OCH3 is 1. The van der Waals surface area contributed by atoms with E-state index in [0.717, 1.165) is 67.6 Å². The number of nitrogens with zero attached hydrogens (tertiary/aromatic N) is 2. The molecule has 5 nitrogen and oxygen atoms in total. The lowest BCUT2D eigenvalue weighted by molar-refractivity contribution is 0.179. The third-order valence-corrected chi connectivity index (χ3v) is 5.11. The van der Waals surface area contributed by atoms with Gasteiger partial charge < -0.3 is 18.8 Å². The van der Waals surface area contributed by atoms with Crippen LogP contribution in [0.2, 0.25) is 0 Å². The Morgan fingerprint density at radius 3 is 2.74 bits per heavy atom. The molecule has 1 aliphatic rings. The average molecular weight is 366 g/mol. The zero-order valence-electron chi connectivity index (χ0n) is 15.8. The minimum atomic E-state index is 0.383. The zero-order valence-corrected chi connectivity index (χ0v) is 15.8. The first-order chi connectivity index (χ1) is 13.3. The van der Waals surface area contributed by atoms with E-state index in [2.05, 4.69) is 4.90 Å². The third kappa shape index (κ3) is 4.42. The smallest absolute Gasteiger partial charge is 0.199 e. The van der Waals surface area contributed by atoms with Crippen LogP contribution in [0.4, 0.5) is 0 Å². The van der Waals surface area contributed by atoms with Gasteiger partial charge in [0.25, 0.3) is 0 Å². The predicted octanol–water partition coefficient (Wildman–Crippen LogP) is 4.48. The summed E-state index contributed by atoms with van der Waals surface area (Å²) in [6.07, 6.45) is 3.33. The Kier molecular flexibility index (Phi) is 5.58. The van der Waals surface area contributed by atoms with Crippen molar-refractivity contribution in [1.29, 1.82) is 0 Å². The topological polar surface area (TPSA) is 47.7 Å². The molecule has 3 aromatic rings. The van der Waals surface area contributed by atoms with E-state index in [-0.39, 0.29) is 0 Å². The molecule has 1 unspecified atom stereocenters. The highest BCUT2D eigenvalue weighted by Gasteiger charge is 2.25. The molecule has 0 aliphatic carbocycles. The highest BCUT2D eigenvalue weighted by molar-refractivity contribution is 5.72. The summed E-state index contributed by atoms with van der Waals surface area (Å²) < 4.78 is 17.0. The molecule has 0 bridgehead atoms. The Hall–Kier alpha value is -2.53. The van der Waals surface area contributed by atoms with Crippen LogP contribution in [-0.4, -0.2) is 43.2 Å². The van der Waals surface area contributed by atoms with Crippen LogP contribution in [0.5, 0.6) is 11.5 Å². The molecule has 1 fully saturated rings. The number of rotatable bonds is 7. The minimum Gasteiger partial charge on any atom is -0.497 e. The third-order valence-electron chi connectivity index (χ3n) is 5.11. The van der Waals surface area contributed by atoms with Crippen LogP contribution in [-0.2, 0) is 0 Å². The van der Waals surface area contributed by atoms with E-state index in [1.165, 1.54) is 6.42 Å². The summed E-state index contributed by atoms with van der Waals surface area (Å²) in [5.74, 6) is 3.00. The standard InChI is InChI=1S/C22H26N2O3/c1-25-18-9-11-19(12-10-18)26-15-5-14-24-13-4-6-17(16-24)22-23-20-7-2-3-8-21(20)27-22/h2-3,7-12,17H,4-6,13-16H2,1H3. The van der Waals surface area contributed by atoms with Crippen LogP contribution in [0.15, 0.2) is 52.9 Å². The van der Waals surface area contributed by atoms with Gasteiger partial charge in [-0.2, -0.15) is 0 Å². The fourth-order valence-corrected chi connectivity index (χ4v) is 3.67. The molecule has 1 saturated heterocycles. The molecule has 1 aromatic heterocycles. The van der Waals surface area contributed by atoms with Crippen LogP contribution >= 0.6 is 0 Å². The molecule has 27 heavy (non-hydrogen) atoms. The highest BCUT2D eigenvalue weighted by Crippen LogP contribution is 2.29. The highest BCUT2D eigenvalue weighted by atomic mass is 16.5. The summed E-state index contributed by atoms with van der Waals surface area (Å²) in [6, 6.07) is 15.7. The lowest BCUT2D eigenvalue weighted by atomic mass is 9.98. The largest absolute Gasteiger partial charge is 0.497 e. The maximum atomic E-state index is 5.99.